The Morgan fingerprint density at radius 3 is 2.60 bits per heavy atom. The van der Waals surface area contributed by atoms with E-state index in [4.69, 9.17) is 16.4 Å². The highest BCUT2D eigenvalue weighted by atomic mass is 35.5. The molecular weight excluding hydrogens is 330 g/mol. The van der Waals surface area contributed by atoms with Crippen LogP contribution in [-0.2, 0) is 16.8 Å². The van der Waals surface area contributed by atoms with Crippen LogP contribution in [0.4, 0.5) is 0 Å². The molecule has 0 spiro atoms. The molecular formula is C22H34ClNO. The van der Waals surface area contributed by atoms with E-state index in [0.717, 1.165) is 30.9 Å². The van der Waals surface area contributed by atoms with Gasteiger partial charge in [-0.2, -0.15) is 5.48 Å². The summed E-state index contributed by atoms with van der Waals surface area (Å²) >= 11 is 6.69. The van der Waals surface area contributed by atoms with E-state index in [1.165, 1.54) is 17.5 Å². The van der Waals surface area contributed by atoms with Crippen molar-refractivity contribution >= 4 is 11.6 Å². The molecule has 1 N–H and O–H groups in total. The lowest BCUT2D eigenvalue weighted by Gasteiger charge is -2.49. The molecule has 2 fully saturated rings. The van der Waals surface area contributed by atoms with Crippen molar-refractivity contribution in [3.05, 3.63) is 34.3 Å². The van der Waals surface area contributed by atoms with Crippen LogP contribution >= 0.6 is 11.6 Å². The normalized spacial score (nSPS) is 31.8. The standard InChI is InChI=1S/C22H34ClNO/c1-15-18-14-25-24-22(18,12-11-21(15,5)6)17-8-7-16(19(23)13-17)9-10-20(2,3)4/h7-8,13,15,18,24H,9-12,14H2,1-6H3. The predicted molar refractivity (Wildman–Crippen MR) is 106 cm³/mol. The van der Waals surface area contributed by atoms with Crippen molar-refractivity contribution in [2.75, 3.05) is 6.61 Å². The lowest BCUT2D eigenvalue weighted by atomic mass is 9.56. The molecule has 0 bridgehead atoms. The Balaban J connectivity index is 1.87. The maximum absolute atomic E-state index is 6.69. The fourth-order valence-corrected chi connectivity index (χ4v) is 4.81. The second-order valence-electron chi connectivity index (χ2n) is 10.1. The number of halogens is 1. The molecule has 3 rings (SSSR count). The Hall–Kier alpha value is -0.570. The van der Waals surface area contributed by atoms with Gasteiger partial charge in [-0.05, 0) is 59.6 Å². The van der Waals surface area contributed by atoms with Crippen molar-refractivity contribution in [2.24, 2.45) is 22.7 Å². The van der Waals surface area contributed by atoms with Crippen LogP contribution in [0.2, 0.25) is 5.02 Å². The summed E-state index contributed by atoms with van der Waals surface area (Å²) in [4.78, 5) is 5.78. The Labute approximate surface area is 158 Å². The van der Waals surface area contributed by atoms with Gasteiger partial charge >= 0.3 is 0 Å². The number of hydrogen-bond acceptors (Lipinski definition) is 2. The number of rotatable bonds is 3. The molecule has 3 heteroatoms. The summed E-state index contributed by atoms with van der Waals surface area (Å²) in [6.07, 6.45) is 4.48. The molecule has 0 radical (unpaired) electrons. The van der Waals surface area contributed by atoms with Gasteiger partial charge in [0.05, 0.1) is 12.1 Å². The third-order valence-corrected chi connectivity index (χ3v) is 7.21. The quantitative estimate of drug-likeness (QED) is 0.698. The monoisotopic (exact) mass is 363 g/mol. The van der Waals surface area contributed by atoms with Crippen LogP contribution in [0, 0.1) is 22.7 Å². The first-order chi connectivity index (χ1) is 11.6. The molecule has 1 aromatic carbocycles. The van der Waals surface area contributed by atoms with E-state index in [9.17, 15) is 0 Å². The van der Waals surface area contributed by atoms with E-state index >= 15 is 0 Å². The zero-order chi connectivity index (χ0) is 18.5. The number of aryl methyl sites for hydroxylation is 1. The Kier molecular flexibility index (Phi) is 5.03. The lowest BCUT2D eigenvalue weighted by molar-refractivity contribution is 0.0197. The highest BCUT2D eigenvalue weighted by molar-refractivity contribution is 6.31. The van der Waals surface area contributed by atoms with Crippen LogP contribution in [-0.4, -0.2) is 6.61 Å². The lowest BCUT2D eigenvalue weighted by Crippen LogP contribution is -2.51. The van der Waals surface area contributed by atoms with Gasteiger partial charge in [0.15, 0.2) is 0 Å². The van der Waals surface area contributed by atoms with Gasteiger partial charge in [0, 0.05) is 10.9 Å². The molecule has 2 aliphatic rings. The van der Waals surface area contributed by atoms with E-state index in [1.807, 2.05) is 0 Å². The van der Waals surface area contributed by atoms with E-state index in [0.29, 0.717) is 22.7 Å². The number of benzene rings is 1. The number of hydroxylamine groups is 1. The number of fused-ring (bicyclic) bond motifs is 1. The van der Waals surface area contributed by atoms with Crippen molar-refractivity contribution in [1.29, 1.82) is 0 Å². The second-order valence-corrected chi connectivity index (χ2v) is 10.5. The van der Waals surface area contributed by atoms with Gasteiger partial charge in [-0.15, -0.1) is 0 Å². The molecule has 140 valence electrons. The van der Waals surface area contributed by atoms with Crippen LogP contribution in [0.15, 0.2) is 18.2 Å². The highest BCUT2D eigenvalue weighted by Gasteiger charge is 2.54. The average molecular weight is 364 g/mol. The van der Waals surface area contributed by atoms with Gasteiger partial charge in [0.1, 0.15) is 0 Å². The first-order valence-electron chi connectivity index (χ1n) is 9.73. The van der Waals surface area contributed by atoms with Crippen LogP contribution in [0.1, 0.15) is 71.9 Å². The van der Waals surface area contributed by atoms with Crippen LogP contribution in [0.5, 0.6) is 0 Å². The van der Waals surface area contributed by atoms with Crippen molar-refractivity contribution < 1.29 is 4.84 Å². The molecule has 0 amide bonds. The highest BCUT2D eigenvalue weighted by Crippen LogP contribution is 2.54. The van der Waals surface area contributed by atoms with Gasteiger partial charge in [-0.25, -0.2) is 0 Å². The fraction of sp³-hybridized carbons (Fsp3) is 0.727. The fourth-order valence-electron chi connectivity index (χ4n) is 4.53. The molecule has 3 atom stereocenters. The van der Waals surface area contributed by atoms with Gasteiger partial charge in [0.25, 0.3) is 0 Å². The molecule has 1 aromatic rings. The zero-order valence-electron chi connectivity index (χ0n) is 16.7. The SMILES string of the molecule is CC1C2CONC2(c2ccc(CCC(C)(C)C)c(Cl)c2)CCC1(C)C. The van der Waals surface area contributed by atoms with Crippen LogP contribution < -0.4 is 5.48 Å². The predicted octanol–water partition coefficient (Wildman–Crippen LogP) is 6.12. The maximum Gasteiger partial charge on any atom is 0.0735 e. The van der Waals surface area contributed by atoms with E-state index in [1.54, 1.807) is 0 Å². The molecule has 0 aromatic heterocycles. The summed E-state index contributed by atoms with van der Waals surface area (Å²) in [6.45, 7) is 14.8. The Morgan fingerprint density at radius 1 is 1.24 bits per heavy atom. The largest absolute Gasteiger partial charge is 0.301 e. The van der Waals surface area contributed by atoms with E-state index in [-0.39, 0.29) is 5.54 Å². The first-order valence-corrected chi connectivity index (χ1v) is 10.1. The molecule has 1 aliphatic carbocycles. The third kappa shape index (κ3) is 3.63. The molecule has 2 nitrogen and oxygen atoms in total. The average Bonchev–Trinajstić information content (AvgIpc) is 2.95. The van der Waals surface area contributed by atoms with Crippen LogP contribution in [0.25, 0.3) is 0 Å². The zero-order valence-corrected chi connectivity index (χ0v) is 17.5. The van der Waals surface area contributed by atoms with Crippen molar-refractivity contribution in [3.8, 4) is 0 Å². The molecule has 3 unspecified atom stereocenters. The Bertz CT molecular complexity index is 633. The summed E-state index contributed by atoms with van der Waals surface area (Å²) in [7, 11) is 0. The molecule has 25 heavy (non-hydrogen) atoms. The van der Waals surface area contributed by atoms with Crippen molar-refractivity contribution in [3.63, 3.8) is 0 Å². The van der Waals surface area contributed by atoms with Gasteiger partial charge in [-0.3, -0.25) is 0 Å². The summed E-state index contributed by atoms with van der Waals surface area (Å²) in [5, 5.41) is 0.904. The number of nitrogens with one attached hydrogen (secondary N) is 1. The minimum absolute atomic E-state index is 0.0822. The summed E-state index contributed by atoms with van der Waals surface area (Å²) in [6, 6.07) is 6.71. The van der Waals surface area contributed by atoms with Crippen molar-refractivity contribution in [1.82, 2.24) is 5.48 Å². The van der Waals surface area contributed by atoms with Crippen LogP contribution in [0.3, 0.4) is 0 Å². The number of hydrogen-bond donors (Lipinski definition) is 1. The minimum atomic E-state index is -0.0822. The summed E-state index contributed by atoms with van der Waals surface area (Å²) < 4.78 is 0. The molecule has 1 saturated heterocycles. The smallest absolute Gasteiger partial charge is 0.0735 e. The third-order valence-electron chi connectivity index (χ3n) is 6.86. The minimum Gasteiger partial charge on any atom is -0.301 e. The van der Waals surface area contributed by atoms with Gasteiger partial charge in [-0.1, -0.05) is 65.3 Å². The Morgan fingerprint density at radius 2 is 1.96 bits per heavy atom. The van der Waals surface area contributed by atoms with Gasteiger partial charge < -0.3 is 4.84 Å². The molecule has 1 saturated carbocycles. The summed E-state index contributed by atoms with van der Waals surface area (Å²) in [5.41, 5.74) is 6.56. The van der Waals surface area contributed by atoms with Gasteiger partial charge in [0.2, 0.25) is 0 Å². The van der Waals surface area contributed by atoms with Crippen molar-refractivity contribution in [2.45, 2.75) is 72.8 Å². The molecule has 1 heterocycles. The summed E-state index contributed by atoms with van der Waals surface area (Å²) in [5.74, 6) is 1.10. The topological polar surface area (TPSA) is 21.3 Å². The van der Waals surface area contributed by atoms with E-state index in [2.05, 4.69) is 65.2 Å². The van der Waals surface area contributed by atoms with E-state index < -0.39 is 0 Å². The first kappa shape index (κ1) is 19.2. The molecule has 1 aliphatic heterocycles. The maximum atomic E-state index is 6.69. The second kappa shape index (κ2) is 6.55.